The number of amides is 1. The molecule has 4 N–H and O–H groups in total. The molecule has 8 heteroatoms. The molecule has 0 saturated carbocycles. The Morgan fingerprint density at radius 3 is 2.84 bits per heavy atom. The first-order valence-electron chi connectivity index (χ1n) is 5.27. The number of nitriles is 1. The number of rotatable bonds is 5. The molecular formula is C11H12N4O4. The van der Waals surface area contributed by atoms with Crippen LogP contribution >= 0.6 is 0 Å². The number of carboxylic acids is 1. The van der Waals surface area contributed by atoms with Crippen molar-refractivity contribution in [2.75, 3.05) is 17.7 Å². The van der Waals surface area contributed by atoms with Gasteiger partial charge in [0.05, 0.1) is 12.1 Å². The standard InChI is InChI=1S/C11H12N4O4/c1-6(16)14-9-4-8(13)7(5-12)11(15-9)19-3-2-10(17)18/h4H,2-3H2,1H3,(H,17,18)(H3,13,14,15,16). The second-order valence-electron chi connectivity index (χ2n) is 3.56. The van der Waals surface area contributed by atoms with Crippen LogP contribution in [0.4, 0.5) is 11.5 Å². The molecule has 0 unspecified atom stereocenters. The van der Waals surface area contributed by atoms with Crippen LogP contribution in [0.1, 0.15) is 18.9 Å². The van der Waals surface area contributed by atoms with Crippen molar-refractivity contribution < 1.29 is 19.4 Å². The molecule has 19 heavy (non-hydrogen) atoms. The van der Waals surface area contributed by atoms with Gasteiger partial charge in [-0.1, -0.05) is 0 Å². The number of nitrogen functional groups attached to an aromatic ring is 1. The maximum Gasteiger partial charge on any atom is 0.306 e. The molecule has 1 aromatic rings. The van der Waals surface area contributed by atoms with Gasteiger partial charge in [-0.15, -0.1) is 0 Å². The maximum absolute atomic E-state index is 10.9. The number of aromatic nitrogens is 1. The van der Waals surface area contributed by atoms with Crippen molar-refractivity contribution in [3.05, 3.63) is 11.6 Å². The van der Waals surface area contributed by atoms with Crippen molar-refractivity contribution in [2.45, 2.75) is 13.3 Å². The number of hydrogen-bond donors (Lipinski definition) is 3. The minimum Gasteiger partial charge on any atom is -0.481 e. The van der Waals surface area contributed by atoms with E-state index in [9.17, 15) is 9.59 Å². The van der Waals surface area contributed by atoms with Crippen molar-refractivity contribution >= 4 is 23.4 Å². The molecule has 8 nitrogen and oxygen atoms in total. The number of carbonyl (C=O) groups is 2. The predicted molar refractivity (Wildman–Crippen MR) is 65.4 cm³/mol. The number of nitrogens with two attached hydrogens (primary N) is 1. The fourth-order valence-corrected chi connectivity index (χ4v) is 1.24. The van der Waals surface area contributed by atoms with Gasteiger partial charge >= 0.3 is 5.97 Å². The monoisotopic (exact) mass is 264 g/mol. The SMILES string of the molecule is CC(=O)Nc1cc(N)c(C#N)c(OCCC(=O)O)n1. The molecule has 0 saturated heterocycles. The molecule has 0 bridgehead atoms. The zero-order valence-electron chi connectivity index (χ0n) is 10.1. The van der Waals surface area contributed by atoms with E-state index >= 15 is 0 Å². The number of carbonyl (C=O) groups excluding carboxylic acids is 1. The molecule has 0 radical (unpaired) electrons. The van der Waals surface area contributed by atoms with Gasteiger partial charge in [-0.25, -0.2) is 0 Å². The first-order valence-corrected chi connectivity index (χ1v) is 5.27. The van der Waals surface area contributed by atoms with E-state index in [0.29, 0.717) is 0 Å². The lowest BCUT2D eigenvalue weighted by molar-refractivity contribution is -0.137. The highest BCUT2D eigenvalue weighted by Gasteiger charge is 2.13. The molecular weight excluding hydrogens is 252 g/mol. The van der Waals surface area contributed by atoms with Gasteiger partial charge in [0, 0.05) is 13.0 Å². The number of hydrogen-bond acceptors (Lipinski definition) is 6. The normalized spacial score (nSPS) is 9.47. The summed E-state index contributed by atoms with van der Waals surface area (Å²) < 4.78 is 5.10. The number of pyridine rings is 1. The first-order chi connectivity index (χ1) is 8.93. The summed E-state index contributed by atoms with van der Waals surface area (Å²) in [6, 6.07) is 3.13. The van der Waals surface area contributed by atoms with Crippen molar-refractivity contribution in [2.24, 2.45) is 0 Å². The third kappa shape index (κ3) is 4.16. The summed E-state index contributed by atoms with van der Waals surface area (Å²) in [5.74, 6) is -1.36. The van der Waals surface area contributed by atoms with Crippen LogP contribution in [0.3, 0.4) is 0 Å². The second kappa shape index (κ2) is 6.20. The Balaban J connectivity index is 2.98. The quantitative estimate of drug-likeness (QED) is 0.697. The highest BCUT2D eigenvalue weighted by molar-refractivity contribution is 5.88. The fraction of sp³-hybridized carbons (Fsp3) is 0.273. The van der Waals surface area contributed by atoms with Crippen LogP contribution in [0.2, 0.25) is 0 Å². The van der Waals surface area contributed by atoms with E-state index in [1.165, 1.54) is 13.0 Å². The number of nitrogens with one attached hydrogen (secondary N) is 1. The molecule has 0 aliphatic carbocycles. The van der Waals surface area contributed by atoms with Crippen molar-refractivity contribution in [3.63, 3.8) is 0 Å². The largest absolute Gasteiger partial charge is 0.481 e. The van der Waals surface area contributed by atoms with Crippen LogP contribution in [-0.2, 0) is 9.59 Å². The Bertz CT molecular complexity index is 550. The van der Waals surface area contributed by atoms with Crippen LogP contribution in [0.15, 0.2) is 6.07 Å². The van der Waals surface area contributed by atoms with Gasteiger partial charge in [-0.05, 0) is 0 Å². The van der Waals surface area contributed by atoms with Crippen molar-refractivity contribution in [1.82, 2.24) is 4.98 Å². The van der Waals surface area contributed by atoms with Crippen LogP contribution < -0.4 is 15.8 Å². The van der Waals surface area contributed by atoms with E-state index in [1.54, 1.807) is 0 Å². The summed E-state index contributed by atoms with van der Waals surface area (Å²) in [5, 5.41) is 19.8. The lowest BCUT2D eigenvalue weighted by Crippen LogP contribution is -2.11. The summed E-state index contributed by atoms with van der Waals surface area (Å²) >= 11 is 0. The molecule has 0 aromatic carbocycles. The Hall–Kier alpha value is -2.82. The molecule has 1 heterocycles. The Morgan fingerprint density at radius 2 is 2.32 bits per heavy atom. The maximum atomic E-state index is 10.9. The van der Waals surface area contributed by atoms with Crippen molar-refractivity contribution in [1.29, 1.82) is 5.26 Å². The van der Waals surface area contributed by atoms with Crippen LogP contribution in [0, 0.1) is 11.3 Å². The summed E-state index contributed by atoms with van der Waals surface area (Å²) in [7, 11) is 0. The molecule has 100 valence electrons. The van der Waals surface area contributed by atoms with E-state index in [2.05, 4.69) is 10.3 Å². The van der Waals surface area contributed by atoms with Gasteiger partial charge in [-0.2, -0.15) is 10.2 Å². The minimum absolute atomic E-state index is 0.000471. The molecule has 1 aromatic heterocycles. The summed E-state index contributed by atoms with van der Waals surface area (Å²) in [5.41, 5.74) is 5.72. The highest BCUT2D eigenvalue weighted by atomic mass is 16.5. The Morgan fingerprint density at radius 1 is 1.63 bits per heavy atom. The van der Waals surface area contributed by atoms with Gasteiger partial charge in [-0.3, -0.25) is 9.59 Å². The van der Waals surface area contributed by atoms with E-state index in [-0.39, 0.29) is 41.9 Å². The van der Waals surface area contributed by atoms with Crippen LogP contribution in [0.5, 0.6) is 5.88 Å². The number of aliphatic carboxylic acids is 1. The van der Waals surface area contributed by atoms with Gasteiger partial charge in [0.15, 0.2) is 0 Å². The number of nitrogens with zero attached hydrogens (tertiary/aromatic N) is 2. The Labute approximate surface area is 108 Å². The van der Waals surface area contributed by atoms with Gasteiger partial charge in [0.2, 0.25) is 11.8 Å². The number of ether oxygens (including phenoxy) is 1. The van der Waals surface area contributed by atoms with E-state index < -0.39 is 5.97 Å². The number of anilines is 2. The third-order valence-corrected chi connectivity index (χ3v) is 1.99. The molecule has 0 spiro atoms. The molecule has 0 aliphatic rings. The zero-order valence-corrected chi connectivity index (χ0v) is 10.1. The molecule has 1 amide bonds. The lowest BCUT2D eigenvalue weighted by Gasteiger charge is -2.10. The topological polar surface area (TPSA) is 138 Å². The van der Waals surface area contributed by atoms with Crippen LogP contribution in [0.25, 0.3) is 0 Å². The highest BCUT2D eigenvalue weighted by Crippen LogP contribution is 2.25. The Kier molecular flexibility index (Phi) is 4.65. The average molecular weight is 264 g/mol. The van der Waals surface area contributed by atoms with Gasteiger partial charge in [0.1, 0.15) is 24.1 Å². The summed E-state index contributed by atoms with van der Waals surface area (Å²) in [6.45, 7) is 1.14. The molecule has 0 fully saturated rings. The fourth-order valence-electron chi connectivity index (χ4n) is 1.24. The van der Waals surface area contributed by atoms with Gasteiger partial charge in [0.25, 0.3) is 0 Å². The minimum atomic E-state index is -1.04. The molecule has 0 aliphatic heterocycles. The summed E-state index contributed by atoms with van der Waals surface area (Å²) in [4.78, 5) is 25.2. The molecule has 0 atom stereocenters. The van der Waals surface area contributed by atoms with E-state index in [0.717, 1.165) is 0 Å². The third-order valence-electron chi connectivity index (χ3n) is 1.99. The zero-order chi connectivity index (χ0) is 14.4. The lowest BCUT2D eigenvalue weighted by atomic mass is 10.2. The van der Waals surface area contributed by atoms with E-state index in [1.807, 2.05) is 6.07 Å². The van der Waals surface area contributed by atoms with E-state index in [4.69, 9.17) is 20.8 Å². The van der Waals surface area contributed by atoms with Crippen molar-refractivity contribution in [3.8, 4) is 11.9 Å². The average Bonchev–Trinajstić information content (AvgIpc) is 2.27. The number of carboxylic acid groups (broad SMARTS) is 1. The first kappa shape index (κ1) is 14.2. The van der Waals surface area contributed by atoms with Gasteiger partial charge < -0.3 is 20.9 Å². The van der Waals surface area contributed by atoms with Crippen LogP contribution in [-0.4, -0.2) is 28.6 Å². The smallest absolute Gasteiger partial charge is 0.306 e. The molecule has 1 rings (SSSR count). The predicted octanol–water partition coefficient (Wildman–Crippen LogP) is 0.347. The summed E-state index contributed by atoms with van der Waals surface area (Å²) in [6.07, 6.45) is -0.239. The second-order valence-corrected chi connectivity index (χ2v) is 3.56.